The Morgan fingerprint density at radius 3 is 2.53 bits per heavy atom. The Kier molecular flexibility index (Phi) is 5.15. The second kappa shape index (κ2) is 8.26. The summed E-state index contributed by atoms with van der Waals surface area (Å²) in [7, 11) is 0. The minimum absolute atomic E-state index is 0.0848. The molecule has 0 bridgehead atoms. The lowest BCUT2D eigenvalue weighted by Gasteiger charge is -2.41. The molecule has 0 unspecified atom stereocenters. The van der Waals surface area contributed by atoms with Crippen LogP contribution in [0.25, 0.3) is 0 Å². The zero-order valence-corrected chi connectivity index (χ0v) is 17.4. The summed E-state index contributed by atoms with van der Waals surface area (Å²) in [5.41, 5.74) is 3.50. The zero-order chi connectivity index (χ0) is 22.1. The van der Waals surface area contributed by atoms with E-state index in [4.69, 9.17) is 0 Å². The largest absolute Gasteiger partial charge is 0.352 e. The standard InChI is InChI=1S/C25H22N4O3/c30-22(27-16-17-7-5-13-26-15-17)12-6-14-28-23-18-8-1-2-9-19(18)25(32)29(23)21-11-4-3-10-20(21)24(28)31/h1-5,7-11,13,15,23H,6,12,14,16H2,(H,27,30)/t23-/m0/s1. The molecular formula is C25H22N4O3. The average Bonchev–Trinajstić information content (AvgIpc) is 3.13. The number of rotatable bonds is 6. The van der Waals surface area contributed by atoms with Gasteiger partial charge in [0.1, 0.15) is 6.17 Å². The van der Waals surface area contributed by atoms with Crippen molar-refractivity contribution in [3.63, 3.8) is 0 Å². The molecule has 0 radical (unpaired) electrons. The summed E-state index contributed by atoms with van der Waals surface area (Å²) in [5.74, 6) is -0.314. The van der Waals surface area contributed by atoms with E-state index in [2.05, 4.69) is 10.3 Å². The van der Waals surface area contributed by atoms with Crippen LogP contribution in [0.1, 0.15) is 50.9 Å². The molecule has 0 spiro atoms. The normalized spacial score (nSPS) is 16.4. The van der Waals surface area contributed by atoms with E-state index >= 15 is 0 Å². The van der Waals surface area contributed by atoms with Crippen LogP contribution >= 0.6 is 0 Å². The first kappa shape index (κ1) is 19.9. The summed E-state index contributed by atoms with van der Waals surface area (Å²) >= 11 is 0. The van der Waals surface area contributed by atoms with Crippen molar-refractivity contribution in [2.24, 2.45) is 0 Å². The van der Waals surface area contributed by atoms with Gasteiger partial charge in [-0.1, -0.05) is 36.4 Å². The maximum absolute atomic E-state index is 13.3. The third kappa shape index (κ3) is 3.41. The van der Waals surface area contributed by atoms with Crippen molar-refractivity contribution >= 4 is 23.4 Å². The average molecular weight is 426 g/mol. The molecule has 0 saturated heterocycles. The van der Waals surface area contributed by atoms with Gasteiger partial charge in [-0.2, -0.15) is 0 Å². The van der Waals surface area contributed by atoms with Gasteiger partial charge in [-0.3, -0.25) is 24.3 Å². The summed E-state index contributed by atoms with van der Waals surface area (Å²) in [5, 5.41) is 2.89. The highest BCUT2D eigenvalue weighted by Crippen LogP contribution is 2.45. The molecule has 2 aliphatic heterocycles. The van der Waals surface area contributed by atoms with Gasteiger partial charge < -0.3 is 10.2 Å². The van der Waals surface area contributed by atoms with E-state index in [0.29, 0.717) is 36.3 Å². The first-order valence-corrected chi connectivity index (χ1v) is 10.6. The van der Waals surface area contributed by atoms with Crippen LogP contribution in [0, 0.1) is 0 Å². The third-order valence-corrected chi connectivity index (χ3v) is 5.90. The molecule has 160 valence electrons. The SMILES string of the molecule is O=C(CCCN1C(=O)c2ccccc2N2C(=O)c3ccccc3[C@@H]12)NCc1cccnc1. The number of amides is 3. The van der Waals surface area contributed by atoms with E-state index in [0.717, 1.165) is 11.1 Å². The molecule has 2 aliphatic rings. The highest BCUT2D eigenvalue weighted by atomic mass is 16.2. The Hall–Kier alpha value is -4.00. The molecule has 3 heterocycles. The van der Waals surface area contributed by atoms with Crippen LogP contribution in [0.15, 0.2) is 73.1 Å². The van der Waals surface area contributed by atoms with E-state index in [1.54, 1.807) is 40.4 Å². The van der Waals surface area contributed by atoms with Crippen LogP contribution in [-0.2, 0) is 11.3 Å². The van der Waals surface area contributed by atoms with Gasteiger partial charge >= 0.3 is 0 Å². The highest BCUT2D eigenvalue weighted by Gasteiger charge is 2.47. The van der Waals surface area contributed by atoms with Crippen LogP contribution < -0.4 is 10.2 Å². The number of carbonyl (C=O) groups is 3. The monoisotopic (exact) mass is 426 g/mol. The van der Waals surface area contributed by atoms with Crippen LogP contribution in [0.3, 0.4) is 0 Å². The maximum Gasteiger partial charge on any atom is 0.260 e. The fourth-order valence-corrected chi connectivity index (χ4v) is 4.40. The lowest BCUT2D eigenvalue weighted by Crippen LogP contribution is -2.48. The van der Waals surface area contributed by atoms with Crippen molar-refractivity contribution in [3.8, 4) is 0 Å². The lowest BCUT2D eigenvalue weighted by atomic mass is 10.0. The zero-order valence-electron chi connectivity index (χ0n) is 17.4. The molecule has 7 nitrogen and oxygen atoms in total. The Bertz CT molecular complexity index is 1190. The third-order valence-electron chi connectivity index (χ3n) is 5.90. The molecule has 32 heavy (non-hydrogen) atoms. The van der Waals surface area contributed by atoms with Crippen molar-refractivity contribution in [3.05, 3.63) is 95.3 Å². The Labute approximate surface area is 185 Å². The smallest absolute Gasteiger partial charge is 0.260 e. The van der Waals surface area contributed by atoms with Crippen LogP contribution in [0.5, 0.6) is 0 Å². The number of nitrogens with zero attached hydrogens (tertiary/aromatic N) is 3. The number of pyridine rings is 1. The summed E-state index contributed by atoms with van der Waals surface area (Å²) in [6, 6.07) is 18.3. The summed E-state index contributed by atoms with van der Waals surface area (Å²) in [6.45, 7) is 0.789. The minimum Gasteiger partial charge on any atom is -0.352 e. The van der Waals surface area contributed by atoms with Gasteiger partial charge in [0.05, 0.1) is 11.3 Å². The second-order valence-corrected chi connectivity index (χ2v) is 7.89. The maximum atomic E-state index is 13.3. The predicted octanol–water partition coefficient (Wildman–Crippen LogP) is 3.29. The molecular weight excluding hydrogens is 404 g/mol. The number of aromatic nitrogens is 1. The topological polar surface area (TPSA) is 82.6 Å². The number of hydrogen-bond acceptors (Lipinski definition) is 4. The van der Waals surface area contributed by atoms with Crippen LogP contribution in [0.2, 0.25) is 0 Å². The molecule has 3 amide bonds. The van der Waals surface area contributed by atoms with Crippen LogP contribution in [-0.4, -0.2) is 34.2 Å². The summed E-state index contributed by atoms with van der Waals surface area (Å²) < 4.78 is 0. The number of benzene rings is 2. The number of carbonyl (C=O) groups excluding carboxylic acids is 3. The molecule has 2 aromatic carbocycles. The van der Waals surface area contributed by atoms with Gasteiger partial charge in [0.25, 0.3) is 11.8 Å². The fraction of sp³-hybridized carbons (Fsp3) is 0.200. The van der Waals surface area contributed by atoms with E-state index in [1.807, 2.05) is 42.5 Å². The quantitative estimate of drug-likeness (QED) is 0.656. The summed E-state index contributed by atoms with van der Waals surface area (Å²) in [4.78, 5) is 46.3. The van der Waals surface area contributed by atoms with Gasteiger partial charge in [0.15, 0.2) is 0 Å². The first-order valence-electron chi connectivity index (χ1n) is 10.6. The van der Waals surface area contributed by atoms with Gasteiger partial charge in [-0.25, -0.2) is 0 Å². The van der Waals surface area contributed by atoms with E-state index < -0.39 is 6.17 Å². The van der Waals surface area contributed by atoms with Crippen molar-refractivity contribution < 1.29 is 14.4 Å². The fourth-order valence-electron chi connectivity index (χ4n) is 4.40. The number of nitrogens with one attached hydrogen (secondary N) is 1. The molecule has 0 saturated carbocycles. The number of para-hydroxylation sites is 1. The Balaban J connectivity index is 1.33. The molecule has 0 fully saturated rings. The van der Waals surface area contributed by atoms with Crippen molar-refractivity contribution in [1.82, 2.24) is 15.2 Å². The molecule has 1 aromatic heterocycles. The molecule has 0 aliphatic carbocycles. The molecule has 1 atom stereocenters. The van der Waals surface area contributed by atoms with Gasteiger partial charge in [0.2, 0.25) is 5.91 Å². The molecule has 7 heteroatoms. The van der Waals surface area contributed by atoms with Gasteiger partial charge in [-0.15, -0.1) is 0 Å². The Morgan fingerprint density at radius 2 is 1.72 bits per heavy atom. The van der Waals surface area contributed by atoms with Crippen molar-refractivity contribution in [2.75, 3.05) is 11.4 Å². The molecule has 3 aromatic rings. The summed E-state index contributed by atoms with van der Waals surface area (Å²) in [6.07, 6.45) is 3.70. The number of fused-ring (bicyclic) bond motifs is 5. The van der Waals surface area contributed by atoms with Crippen molar-refractivity contribution in [1.29, 1.82) is 0 Å². The minimum atomic E-state index is -0.487. The van der Waals surface area contributed by atoms with E-state index in [9.17, 15) is 14.4 Å². The predicted molar refractivity (Wildman–Crippen MR) is 119 cm³/mol. The van der Waals surface area contributed by atoms with E-state index in [-0.39, 0.29) is 24.1 Å². The lowest BCUT2D eigenvalue weighted by molar-refractivity contribution is -0.121. The molecule has 1 N–H and O–H groups in total. The van der Waals surface area contributed by atoms with Gasteiger partial charge in [-0.05, 0) is 36.2 Å². The van der Waals surface area contributed by atoms with Gasteiger partial charge in [0, 0.05) is 43.0 Å². The Morgan fingerprint density at radius 1 is 0.938 bits per heavy atom. The van der Waals surface area contributed by atoms with Crippen LogP contribution in [0.4, 0.5) is 5.69 Å². The number of anilines is 1. The first-order chi connectivity index (χ1) is 15.6. The van der Waals surface area contributed by atoms with E-state index in [1.165, 1.54) is 0 Å². The molecule has 5 rings (SSSR count). The van der Waals surface area contributed by atoms with Crippen molar-refractivity contribution in [2.45, 2.75) is 25.6 Å². The second-order valence-electron chi connectivity index (χ2n) is 7.89. The number of hydrogen-bond donors (Lipinski definition) is 1. The highest BCUT2D eigenvalue weighted by molar-refractivity contribution is 6.16.